The van der Waals surface area contributed by atoms with Gasteiger partial charge in [0.05, 0.1) is 6.54 Å². The van der Waals surface area contributed by atoms with E-state index in [-0.39, 0.29) is 11.8 Å². The molecular formula is C14H14ClN3O2S. The Morgan fingerprint density at radius 2 is 2.19 bits per heavy atom. The number of carbonyl (C=O) groups excluding carboxylic acids is 2. The van der Waals surface area contributed by atoms with E-state index in [1.165, 1.54) is 16.2 Å². The van der Waals surface area contributed by atoms with Gasteiger partial charge in [0.15, 0.2) is 0 Å². The van der Waals surface area contributed by atoms with E-state index in [0.29, 0.717) is 27.8 Å². The molecule has 2 rings (SSSR count). The Hall–Kier alpha value is -1.92. The predicted octanol–water partition coefficient (Wildman–Crippen LogP) is 2.43. The molecule has 1 N–H and O–H groups in total. The van der Waals surface area contributed by atoms with E-state index in [1.807, 2.05) is 0 Å². The third-order valence-electron chi connectivity index (χ3n) is 2.80. The lowest BCUT2D eigenvalue weighted by Gasteiger charge is -2.15. The van der Waals surface area contributed by atoms with Crippen molar-refractivity contribution < 1.29 is 9.59 Å². The Morgan fingerprint density at radius 1 is 1.43 bits per heavy atom. The van der Waals surface area contributed by atoms with Gasteiger partial charge in [-0.1, -0.05) is 17.7 Å². The molecule has 0 saturated heterocycles. The van der Waals surface area contributed by atoms with Crippen molar-refractivity contribution in [2.75, 3.05) is 14.1 Å². The molecule has 0 aliphatic heterocycles. The first-order chi connectivity index (χ1) is 10.0. The molecule has 7 heteroatoms. The Bertz CT molecular complexity index is 672. The Balaban J connectivity index is 2.07. The number of hydrogen-bond acceptors (Lipinski definition) is 4. The van der Waals surface area contributed by atoms with Crippen LogP contribution in [-0.2, 0) is 6.54 Å². The van der Waals surface area contributed by atoms with Crippen molar-refractivity contribution in [3.63, 3.8) is 0 Å². The lowest BCUT2D eigenvalue weighted by molar-refractivity contribution is 0.0785. The number of amides is 2. The molecule has 1 aromatic carbocycles. The minimum atomic E-state index is -0.235. The van der Waals surface area contributed by atoms with Crippen molar-refractivity contribution in [3.05, 3.63) is 50.9 Å². The fraction of sp³-hybridized carbons (Fsp3) is 0.214. The Kier molecular flexibility index (Phi) is 4.93. The molecular weight excluding hydrogens is 310 g/mol. The second-order valence-electron chi connectivity index (χ2n) is 4.38. The zero-order valence-corrected chi connectivity index (χ0v) is 13.2. The summed E-state index contributed by atoms with van der Waals surface area (Å²) in [6, 6.07) is 6.78. The Labute approximate surface area is 131 Å². The number of halogens is 1. The number of aromatic nitrogens is 1. The summed E-state index contributed by atoms with van der Waals surface area (Å²) in [6.45, 7) is 0.340. The highest BCUT2D eigenvalue weighted by atomic mass is 35.5. The highest BCUT2D eigenvalue weighted by molar-refractivity contribution is 7.09. The average molecular weight is 324 g/mol. The van der Waals surface area contributed by atoms with E-state index in [4.69, 9.17) is 11.6 Å². The maximum absolute atomic E-state index is 12.3. The van der Waals surface area contributed by atoms with Crippen molar-refractivity contribution >= 4 is 34.8 Å². The summed E-state index contributed by atoms with van der Waals surface area (Å²) < 4.78 is 0. The van der Waals surface area contributed by atoms with Gasteiger partial charge in [-0.3, -0.25) is 9.59 Å². The minimum absolute atomic E-state index is 0.144. The number of rotatable bonds is 4. The van der Waals surface area contributed by atoms with Gasteiger partial charge in [-0.05, 0) is 18.2 Å². The normalized spacial score (nSPS) is 10.2. The van der Waals surface area contributed by atoms with E-state index in [0.717, 1.165) is 0 Å². The zero-order chi connectivity index (χ0) is 15.4. The van der Waals surface area contributed by atoms with E-state index < -0.39 is 0 Å². The van der Waals surface area contributed by atoms with Gasteiger partial charge in [0.1, 0.15) is 10.7 Å². The van der Waals surface area contributed by atoms with Crippen LogP contribution in [0.25, 0.3) is 0 Å². The Morgan fingerprint density at radius 3 is 2.86 bits per heavy atom. The van der Waals surface area contributed by atoms with E-state index in [1.54, 1.807) is 43.7 Å². The van der Waals surface area contributed by atoms with Crippen molar-refractivity contribution in [3.8, 4) is 0 Å². The van der Waals surface area contributed by atoms with Crippen LogP contribution in [0.1, 0.15) is 25.9 Å². The maximum Gasteiger partial charge on any atom is 0.270 e. The average Bonchev–Trinajstić information content (AvgIpc) is 2.94. The lowest BCUT2D eigenvalue weighted by atomic mass is 10.2. The third-order valence-corrected chi connectivity index (χ3v) is 3.87. The molecule has 2 aromatic rings. The molecule has 0 aliphatic rings. The molecule has 0 unspecified atom stereocenters. The number of benzene rings is 1. The molecule has 21 heavy (non-hydrogen) atoms. The second kappa shape index (κ2) is 6.69. The third kappa shape index (κ3) is 3.80. The molecule has 0 saturated carbocycles. The molecule has 0 aliphatic carbocycles. The summed E-state index contributed by atoms with van der Waals surface area (Å²) in [5.74, 6) is -0.379. The predicted molar refractivity (Wildman–Crippen MR) is 82.8 cm³/mol. The van der Waals surface area contributed by atoms with Gasteiger partial charge in [-0.25, -0.2) is 4.98 Å². The SMILES string of the molecule is CNC(=O)c1csc(CN(C)C(=O)c2cccc(Cl)c2)n1. The zero-order valence-electron chi connectivity index (χ0n) is 11.6. The largest absolute Gasteiger partial charge is 0.354 e. The van der Waals surface area contributed by atoms with Gasteiger partial charge in [0.2, 0.25) is 0 Å². The van der Waals surface area contributed by atoms with E-state index in [2.05, 4.69) is 10.3 Å². The van der Waals surface area contributed by atoms with Gasteiger partial charge >= 0.3 is 0 Å². The van der Waals surface area contributed by atoms with E-state index in [9.17, 15) is 9.59 Å². The first kappa shape index (κ1) is 15.5. The molecule has 1 aromatic heterocycles. The molecule has 0 radical (unpaired) electrons. The lowest BCUT2D eigenvalue weighted by Crippen LogP contribution is -2.26. The molecule has 0 fully saturated rings. The smallest absolute Gasteiger partial charge is 0.270 e. The fourth-order valence-corrected chi connectivity index (χ4v) is 2.75. The first-order valence-corrected chi connectivity index (χ1v) is 7.44. The van der Waals surface area contributed by atoms with Gasteiger partial charge in [0.25, 0.3) is 11.8 Å². The topological polar surface area (TPSA) is 62.3 Å². The highest BCUT2D eigenvalue weighted by Gasteiger charge is 2.15. The second-order valence-corrected chi connectivity index (χ2v) is 5.76. The molecule has 110 valence electrons. The molecule has 0 bridgehead atoms. The molecule has 2 amide bonds. The van der Waals surface area contributed by atoms with Gasteiger partial charge in [-0.2, -0.15) is 0 Å². The van der Waals surface area contributed by atoms with Gasteiger partial charge in [-0.15, -0.1) is 11.3 Å². The monoisotopic (exact) mass is 323 g/mol. The van der Waals surface area contributed by atoms with Crippen molar-refractivity contribution in [1.82, 2.24) is 15.2 Å². The molecule has 0 spiro atoms. The van der Waals surface area contributed by atoms with Gasteiger partial charge in [0, 0.05) is 30.1 Å². The maximum atomic E-state index is 12.3. The van der Waals surface area contributed by atoms with Crippen LogP contribution >= 0.6 is 22.9 Å². The summed E-state index contributed by atoms with van der Waals surface area (Å²) in [6.07, 6.45) is 0. The summed E-state index contributed by atoms with van der Waals surface area (Å²) >= 11 is 7.23. The molecule has 5 nitrogen and oxygen atoms in total. The number of nitrogens with zero attached hydrogens (tertiary/aromatic N) is 2. The van der Waals surface area contributed by atoms with E-state index >= 15 is 0 Å². The van der Waals surface area contributed by atoms with Crippen LogP contribution in [0.5, 0.6) is 0 Å². The number of thiazole rings is 1. The standard InChI is InChI=1S/C14H14ClN3O2S/c1-16-13(19)11-8-21-12(17-11)7-18(2)14(20)9-4-3-5-10(15)6-9/h3-6,8H,7H2,1-2H3,(H,16,19). The number of carbonyl (C=O) groups is 2. The first-order valence-electron chi connectivity index (χ1n) is 6.18. The molecule has 0 atom stereocenters. The van der Waals surface area contributed by atoms with Crippen molar-refractivity contribution in [1.29, 1.82) is 0 Å². The van der Waals surface area contributed by atoms with Crippen LogP contribution in [0.4, 0.5) is 0 Å². The van der Waals surface area contributed by atoms with Crippen LogP contribution in [0, 0.1) is 0 Å². The van der Waals surface area contributed by atoms with Crippen LogP contribution in [0.15, 0.2) is 29.6 Å². The van der Waals surface area contributed by atoms with Crippen molar-refractivity contribution in [2.45, 2.75) is 6.54 Å². The summed E-state index contributed by atoms with van der Waals surface area (Å²) in [5, 5.41) is 5.40. The number of hydrogen-bond donors (Lipinski definition) is 1. The summed E-state index contributed by atoms with van der Waals surface area (Å²) in [7, 11) is 3.24. The summed E-state index contributed by atoms with van der Waals surface area (Å²) in [5.41, 5.74) is 0.884. The van der Waals surface area contributed by atoms with Gasteiger partial charge < -0.3 is 10.2 Å². The minimum Gasteiger partial charge on any atom is -0.354 e. The quantitative estimate of drug-likeness (QED) is 0.940. The number of nitrogens with one attached hydrogen (secondary N) is 1. The highest BCUT2D eigenvalue weighted by Crippen LogP contribution is 2.15. The van der Waals surface area contributed by atoms with Crippen LogP contribution in [-0.4, -0.2) is 35.8 Å². The van der Waals surface area contributed by atoms with Crippen molar-refractivity contribution in [2.24, 2.45) is 0 Å². The van der Waals surface area contributed by atoms with Crippen LogP contribution in [0.2, 0.25) is 5.02 Å². The van der Waals surface area contributed by atoms with Crippen LogP contribution < -0.4 is 5.32 Å². The molecule has 1 heterocycles. The summed E-state index contributed by atoms with van der Waals surface area (Å²) in [4.78, 5) is 29.4. The fourth-order valence-electron chi connectivity index (χ4n) is 1.73. The van der Waals surface area contributed by atoms with Crippen LogP contribution in [0.3, 0.4) is 0 Å².